The SMILES string of the molecule is CCSc1n[n+]2c(c(=O)[nH]1)-c1ccccc1N[C@@H]2c1ccc(OCC(=O)O)cc1. The summed E-state index contributed by atoms with van der Waals surface area (Å²) in [6.07, 6.45) is -0.396. The molecule has 1 aromatic heterocycles. The number of benzene rings is 2. The third kappa shape index (κ3) is 3.81. The molecule has 0 aliphatic carbocycles. The van der Waals surface area contributed by atoms with E-state index < -0.39 is 18.7 Å². The van der Waals surface area contributed by atoms with E-state index in [4.69, 9.17) is 9.84 Å². The smallest absolute Gasteiger partial charge is 0.341 e. The number of hydrogen-bond acceptors (Lipinski definition) is 6. The number of aromatic nitrogens is 3. The molecule has 0 bridgehead atoms. The van der Waals surface area contributed by atoms with Crippen LogP contribution in [0.3, 0.4) is 0 Å². The van der Waals surface area contributed by atoms with Gasteiger partial charge in [-0.2, -0.15) is 0 Å². The molecule has 8 nitrogen and oxygen atoms in total. The van der Waals surface area contributed by atoms with Crippen LogP contribution in [0.25, 0.3) is 11.3 Å². The van der Waals surface area contributed by atoms with Crippen LogP contribution in [0, 0.1) is 0 Å². The Kier molecular flexibility index (Phi) is 5.22. The quantitative estimate of drug-likeness (QED) is 0.422. The number of carboxylic acids is 1. The van der Waals surface area contributed by atoms with Crippen LogP contribution in [0.1, 0.15) is 18.7 Å². The topological polar surface area (TPSA) is 108 Å². The summed E-state index contributed by atoms with van der Waals surface area (Å²) in [7, 11) is 0. The highest BCUT2D eigenvalue weighted by Gasteiger charge is 2.37. The molecule has 1 aliphatic heterocycles. The molecule has 0 amide bonds. The van der Waals surface area contributed by atoms with Crippen molar-refractivity contribution in [1.29, 1.82) is 0 Å². The van der Waals surface area contributed by atoms with Gasteiger partial charge in [0.15, 0.2) is 6.61 Å². The zero-order valence-electron chi connectivity index (χ0n) is 15.6. The summed E-state index contributed by atoms with van der Waals surface area (Å²) in [5.74, 6) is 0.208. The summed E-state index contributed by atoms with van der Waals surface area (Å²) >= 11 is 1.46. The third-order valence-electron chi connectivity index (χ3n) is 4.42. The Morgan fingerprint density at radius 2 is 2.00 bits per heavy atom. The van der Waals surface area contributed by atoms with Crippen molar-refractivity contribution in [3.63, 3.8) is 0 Å². The lowest BCUT2D eigenvalue weighted by Gasteiger charge is -2.22. The zero-order valence-corrected chi connectivity index (χ0v) is 16.4. The molecule has 4 rings (SSSR count). The molecule has 3 aromatic rings. The first-order chi connectivity index (χ1) is 14.1. The number of nitrogens with one attached hydrogen (secondary N) is 2. The molecule has 29 heavy (non-hydrogen) atoms. The van der Waals surface area contributed by atoms with Gasteiger partial charge in [-0.1, -0.05) is 30.8 Å². The minimum Gasteiger partial charge on any atom is -0.482 e. The summed E-state index contributed by atoms with van der Waals surface area (Å²) in [5.41, 5.74) is 2.77. The summed E-state index contributed by atoms with van der Waals surface area (Å²) < 4.78 is 6.91. The van der Waals surface area contributed by atoms with Crippen LogP contribution in [0.5, 0.6) is 5.75 Å². The maximum absolute atomic E-state index is 12.9. The minimum absolute atomic E-state index is 0.198. The van der Waals surface area contributed by atoms with E-state index in [-0.39, 0.29) is 5.56 Å². The maximum atomic E-state index is 12.9. The summed E-state index contributed by atoms with van der Waals surface area (Å²) in [6, 6.07) is 14.7. The number of H-pyrrole nitrogens is 1. The molecule has 1 atom stereocenters. The molecule has 9 heteroatoms. The number of anilines is 1. The van der Waals surface area contributed by atoms with Crippen LogP contribution in [0.4, 0.5) is 5.69 Å². The Balaban J connectivity index is 1.78. The van der Waals surface area contributed by atoms with Gasteiger partial charge >= 0.3 is 17.2 Å². The van der Waals surface area contributed by atoms with Crippen LogP contribution >= 0.6 is 11.8 Å². The van der Waals surface area contributed by atoms with Gasteiger partial charge in [-0.05, 0) is 46.8 Å². The van der Waals surface area contributed by atoms with E-state index >= 15 is 0 Å². The van der Waals surface area contributed by atoms with Crippen molar-refractivity contribution in [3.8, 4) is 17.0 Å². The first-order valence-corrected chi connectivity index (χ1v) is 10.0. The van der Waals surface area contributed by atoms with Crippen molar-refractivity contribution < 1.29 is 19.3 Å². The van der Waals surface area contributed by atoms with Gasteiger partial charge in [0.1, 0.15) is 5.75 Å². The predicted molar refractivity (Wildman–Crippen MR) is 108 cm³/mol. The summed E-state index contributed by atoms with van der Waals surface area (Å²) in [4.78, 5) is 26.4. The fourth-order valence-electron chi connectivity index (χ4n) is 3.21. The van der Waals surface area contributed by atoms with Crippen LogP contribution in [-0.2, 0) is 4.79 Å². The van der Waals surface area contributed by atoms with Crippen molar-refractivity contribution in [1.82, 2.24) is 10.1 Å². The Morgan fingerprint density at radius 3 is 2.72 bits per heavy atom. The van der Waals surface area contributed by atoms with Gasteiger partial charge in [0.2, 0.25) is 5.16 Å². The molecule has 0 unspecified atom stereocenters. The van der Waals surface area contributed by atoms with E-state index in [0.29, 0.717) is 16.6 Å². The lowest BCUT2D eigenvalue weighted by Crippen LogP contribution is -2.55. The van der Waals surface area contributed by atoms with E-state index in [1.54, 1.807) is 16.8 Å². The first kappa shape index (κ1) is 19.0. The molecule has 0 spiro atoms. The number of aliphatic carboxylic acids is 1. The molecular weight excluding hydrogens is 392 g/mol. The number of para-hydroxylation sites is 1. The molecule has 1 aliphatic rings. The van der Waals surface area contributed by atoms with Crippen LogP contribution < -0.4 is 20.3 Å². The Bertz CT molecular complexity index is 1110. The zero-order chi connectivity index (χ0) is 20.4. The first-order valence-electron chi connectivity index (χ1n) is 9.06. The van der Waals surface area contributed by atoms with Crippen LogP contribution in [-0.4, -0.2) is 33.5 Å². The van der Waals surface area contributed by atoms with Crippen molar-refractivity contribution in [2.24, 2.45) is 0 Å². The highest BCUT2D eigenvalue weighted by atomic mass is 32.2. The highest BCUT2D eigenvalue weighted by molar-refractivity contribution is 7.99. The van der Waals surface area contributed by atoms with E-state index in [1.165, 1.54) is 11.8 Å². The highest BCUT2D eigenvalue weighted by Crippen LogP contribution is 2.32. The average molecular weight is 411 g/mol. The van der Waals surface area contributed by atoms with Crippen molar-refractivity contribution in [2.75, 3.05) is 17.7 Å². The van der Waals surface area contributed by atoms with Crippen molar-refractivity contribution in [3.05, 3.63) is 64.4 Å². The molecule has 2 aromatic carbocycles. The Morgan fingerprint density at radius 1 is 1.24 bits per heavy atom. The molecule has 0 radical (unpaired) electrons. The average Bonchev–Trinajstić information content (AvgIpc) is 2.72. The molecule has 0 fully saturated rings. The van der Waals surface area contributed by atoms with Crippen LogP contribution in [0.15, 0.2) is 58.5 Å². The standard InChI is InChI=1S/C20H18N4O4S/c1-2-29-20-22-19(27)17-14-5-3-4-6-15(14)21-18(24(17)23-20)12-7-9-13(10-8-12)28-11-16(25)26/h3-10,18H,2,11H2,1H3,(H2,22,23,25,26,27)/p+1/t18-/m0/s1. The second-order valence-corrected chi connectivity index (χ2v) is 7.58. The number of aromatic amines is 1. The third-order valence-corrected chi connectivity index (χ3v) is 5.17. The lowest BCUT2D eigenvalue weighted by atomic mass is 10.0. The Hall–Kier alpha value is -3.33. The number of fused-ring (bicyclic) bond motifs is 3. The van der Waals surface area contributed by atoms with Gasteiger partial charge < -0.3 is 15.2 Å². The van der Waals surface area contributed by atoms with Gasteiger partial charge in [0.05, 0.1) is 11.3 Å². The fourth-order valence-corrected chi connectivity index (χ4v) is 3.79. The number of carboxylic acid groups (broad SMARTS) is 1. The number of nitrogens with zero attached hydrogens (tertiary/aromatic N) is 2. The fraction of sp³-hybridized carbons (Fsp3) is 0.200. The van der Waals surface area contributed by atoms with Crippen LogP contribution in [0.2, 0.25) is 0 Å². The molecule has 3 N–H and O–H groups in total. The number of rotatable bonds is 6. The second-order valence-electron chi connectivity index (χ2n) is 6.33. The predicted octanol–water partition coefficient (Wildman–Crippen LogP) is 2.27. The second kappa shape index (κ2) is 7.96. The Labute approximate surface area is 170 Å². The van der Waals surface area contributed by atoms with Gasteiger partial charge in [0, 0.05) is 10.7 Å². The minimum atomic E-state index is -1.03. The maximum Gasteiger partial charge on any atom is 0.341 e. The molecule has 0 saturated heterocycles. The largest absolute Gasteiger partial charge is 0.482 e. The summed E-state index contributed by atoms with van der Waals surface area (Å²) in [5, 5.41) is 17.4. The van der Waals surface area contributed by atoms with Crippen molar-refractivity contribution >= 4 is 23.4 Å². The molecule has 2 heterocycles. The van der Waals surface area contributed by atoms with E-state index in [2.05, 4.69) is 15.4 Å². The number of hydrogen-bond donors (Lipinski definition) is 3. The van der Waals surface area contributed by atoms with E-state index in [0.717, 1.165) is 22.6 Å². The normalized spacial score (nSPS) is 14.4. The summed E-state index contributed by atoms with van der Waals surface area (Å²) in [6.45, 7) is 1.59. The molecular formula is C20H19N4O4S+. The monoisotopic (exact) mass is 411 g/mol. The van der Waals surface area contributed by atoms with Gasteiger partial charge in [-0.15, -0.1) is 0 Å². The van der Waals surface area contributed by atoms with Crippen molar-refractivity contribution in [2.45, 2.75) is 18.2 Å². The number of thioether (sulfide) groups is 1. The number of ether oxygens (including phenoxy) is 1. The van der Waals surface area contributed by atoms with E-state index in [1.807, 2.05) is 43.3 Å². The lowest BCUT2D eigenvalue weighted by molar-refractivity contribution is -0.759. The van der Waals surface area contributed by atoms with Gasteiger partial charge in [-0.3, -0.25) is 9.78 Å². The van der Waals surface area contributed by atoms with Gasteiger partial charge in [0.25, 0.3) is 6.17 Å². The number of carbonyl (C=O) groups is 1. The molecule has 0 saturated carbocycles. The van der Waals surface area contributed by atoms with Gasteiger partial charge in [-0.25, -0.2) is 4.79 Å². The van der Waals surface area contributed by atoms with E-state index in [9.17, 15) is 9.59 Å². The molecule has 148 valence electrons.